The lowest BCUT2D eigenvalue weighted by Crippen LogP contribution is -2.12. The molecule has 0 amide bonds. The van der Waals surface area contributed by atoms with Gasteiger partial charge in [-0.05, 0) is 77.7 Å². The first-order valence-electron chi connectivity index (χ1n) is 11.0. The summed E-state index contributed by atoms with van der Waals surface area (Å²) in [5, 5.41) is 0. The molecule has 146 valence electrons. The molecule has 0 saturated heterocycles. The van der Waals surface area contributed by atoms with Crippen LogP contribution in [0.15, 0.2) is 42.5 Å². The molecule has 0 atom stereocenters. The fraction of sp³-hybridized carbons (Fsp3) is 0.538. The average molecular weight is 367 g/mol. The Hall–Kier alpha value is -1.63. The highest BCUT2D eigenvalue weighted by molar-refractivity contribution is 5.64. The van der Waals surface area contributed by atoms with Gasteiger partial charge in [-0.15, -0.1) is 0 Å². The summed E-state index contributed by atoms with van der Waals surface area (Å²) in [5.41, 5.74) is 4.52. The van der Waals surface area contributed by atoms with Crippen molar-refractivity contribution >= 4 is 0 Å². The maximum absolute atomic E-state index is 14.8. The Morgan fingerprint density at radius 2 is 1.19 bits per heavy atom. The van der Waals surface area contributed by atoms with Crippen LogP contribution < -0.4 is 0 Å². The Balaban J connectivity index is 0.00000225. The summed E-state index contributed by atoms with van der Waals surface area (Å²) in [4.78, 5) is 0. The summed E-state index contributed by atoms with van der Waals surface area (Å²) >= 11 is 0. The number of hydrogen-bond donors (Lipinski definition) is 0. The molecular weight excluding hydrogens is 331 g/mol. The Kier molecular flexibility index (Phi) is 5.66. The van der Waals surface area contributed by atoms with E-state index in [0.29, 0.717) is 11.8 Å². The van der Waals surface area contributed by atoms with Crippen LogP contribution in [-0.2, 0) is 0 Å². The first-order chi connectivity index (χ1) is 13.1. The van der Waals surface area contributed by atoms with E-state index in [2.05, 4.69) is 44.2 Å². The van der Waals surface area contributed by atoms with Crippen molar-refractivity contribution in [3.63, 3.8) is 0 Å². The predicted molar refractivity (Wildman–Crippen MR) is 115 cm³/mol. The molecule has 1 heteroatoms. The van der Waals surface area contributed by atoms with E-state index in [9.17, 15) is 4.39 Å². The van der Waals surface area contributed by atoms with Crippen LogP contribution in [0.25, 0.3) is 11.1 Å². The number of halogens is 1. The molecule has 0 N–H and O–H groups in total. The molecule has 2 aromatic carbocycles. The van der Waals surface area contributed by atoms with E-state index in [0.717, 1.165) is 41.4 Å². The molecule has 4 rings (SSSR count). The minimum Gasteiger partial charge on any atom is -0.207 e. The second-order valence-electron chi connectivity index (χ2n) is 9.27. The fourth-order valence-electron chi connectivity index (χ4n) is 5.15. The molecule has 27 heavy (non-hydrogen) atoms. The highest BCUT2D eigenvalue weighted by atomic mass is 19.1. The van der Waals surface area contributed by atoms with Crippen molar-refractivity contribution < 1.29 is 5.82 Å². The SMILES string of the molecule is CC1CCC(c2ccc(-c3ccc(C4CCC(C)CC4)c(F)c3)cc2)CC1.[HH]. The van der Waals surface area contributed by atoms with Crippen LogP contribution in [0.2, 0.25) is 0 Å². The predicted octanol–water partition coefficient (Wildman–Crippen LogP) is 8.33. The van der Waals surface area contributed by atoms with Gasteiger partial charge in [0.1, 0.15) is 5.82 Å². The van der Waals surface area contributed by atoms with E-state index in [1.807, 2.05) is 6.07 Å². The van der Waals surface area contributed by atoms with Crippen LogP contribution in [0.4, 0.5) is 4.39 Å². The van der Waals surface area contributed by atoms with E-state index in [-0.39, 0.29) is 7.24 Å². The number of benzene rings is 2. The number of hydrogen-bond acceptors (Lipinski definition) is 0. The van der Waals surface area contributed by atoms with Crippen molar-refractivity contribution in [1.29, 1.82) is 0 Å². The van der Waals surface area contributed by atoms with Gasteiger partial charge >= 0.3 is 0 Å². The summed E-state index contributed by atoms with van der Waals surface area (Å²) in [6.45, 7) is 4.68. The summed E-state index contributed by atoms with van der Waals surface area (Å²) in [5.74, 6) is 2.79. The molecule has 0 aliphatic heterocycles. The van der Waals surface area contributed by atoms with E-state index >= 15 is 0 Å². The number of rotatable bonds is 3. The standard InChI is InChI=1S/C26H33F.H2/c1-18-3-7-20(8-4-18)21-11-13-22(14-12-21)24-15-16-25(26(27)17-24)23-9-5-19(2)6-10-23;/h11-20,23H,3-10H2,1-2H3;1H. The van der Waals surface area contributed by atoms with E-state index in [1.54, 1.807) is 6.07 Å². The van der Waals surface area contributed by atoms with Crippen molar-refractivity contribution in [3.05, 3.63) is 59.4 Å². The minimum atomic E-state index is -0.0163. The zero-order valence-corrected chi connectivity index (χ0v) is 16.9. The molecule has 2 aliphatic rings. The maximum atomic E-state index is 14.8. The molecule has 0 unspecified atom stereocenters. The molecule has 2 aromatic rings. The Labute approximate surface area is 165 Å². The summed E-state index contributed by atoms with van der Waals surface area (Å²) in [6, 6.07) is 14.8. The zero-order chi connectivity index (χ0) is 18.8. The highest BCUT2D eigenvalue weighted by Crippen LogP contribution is 2.38. The lowest BCUT2D eigenvalue weighted by molar-refractivity contribution is 0.342. The Morgan fingerprint density at radius 1 is 0.667 bits per heavy atom. The second kappa shape index (κ2) is 8.17. The third kappa shape index (κ3) is 4.28. The average Bonchev–Trinajstić information content (AvgIpc) is 2.69. The molecule has 0 nitrogen and oxygen atoms in total. The van der Waals surface area contributed by atoms with Gasteiger partial charge in [0.25, 0.3) is 0 Å². The molecule has 0 aromatic heterocycles. The van der Waals surface area contributed by atoms with Gasteiger partial charge in [0.05, 0.1) is 0 Å². The van der Waals surface area contributed by atoms with Gasteiger partial charge in [0.15, 0.2) is 0 Å². The van der Waals surface area contributed by atoms with Crippen molar-refractivity contribution in [1.82, 2.24) is 0 Å². The highest BCUT2D eigenvalue weighted by Gasteiger charge is 2.23. The molecule has 0 bridgehead atoms. The smallest absolute Gasteiger partial charge is 0.127 e. The van der Waals surface area contributed by atoms with Crippen molar-refractivity contribution in [2.45, 2.75) is 77.0 Å². The fourth-order valence-corrected chi connectivity index (χ4v) is 5.15. The molecule has 2 saturated carbocycles. The van der Waals surface area contributed by atoms with Crippen LogP contribution in [0, 0.1) is 17.7 Å². The lowest BCUT2D eigenvalue weighted by Gasteiger charge is -2.27. The molecular formula is C26H35F. The monoisotopic (exact) mass is 366 g/mol. The van der Waals surface area contributed by atoms with E-state index < -0.39 is 0 Å². The largest absolute Gasteiger partial charge is 0.207 e. The molecule has 2 aliphatic carbocycles. The second-order valence-corrected chi connectivity index (χ2v) is 9.27. The summed E-state index contributed by atoms with van der Waals surface area (Å²) in [7, 11) is 0. The van der Waals surface area contributed by atoms with Gasteiger partial charge in [0, 0.05) is 1.43 Å². The topological polar surface area (TPSA) is 0 Å². The first kappa shape index (κ1) is 18.7. The van der Waals surface area contributed by atoms with Gasteiger partial charge < -0.3 is 0 Å². The van der Waals surface area contributed by atoms with E-state index in [4.69, 9.17) is 0 Å². The van der Waals surface area contributed by atoms with E-state index in [1.165, 1.54) is 44.1 Å². The molecule has 0 radical (unpaired) electrons. The third-order valence-electron chi connectivity index (χ3n) is 7.19. The minimum absolute atomic E-state index is 0. The zero-order valence-electron chi connectivity index (χ0n) is 16.9. The van der Waals surface area contributed by atoms with Gasteiger partial charge in [-0.25, -0.2) is 4.39 Å². The van der Waals surface area contributed by atoms with Gasteiger partial charge in [-0.2, -0.15) is 0 Å². The van der Waals surface area contributed by atoms with Gasteiger partial charge in [0.2, 0.25) is 0 Å². The van der Waals surface area contributed by atoms with Gasteiger partial charge in [-0.1, -0.05) is 75.9 Å². The van der Waals surface area contributed by atoms with Crippen LogP contribution in [0.5, 0.6) is 0 Å². The molecule has 2 fully saturated rings. The van der Waals surface area contributed by atoms with Crippen molar-refractivity contribution in [2.75, 3.05) is 0 Å². The first-order valence-corrected chi connectivity index (χ1v) is 11.0. The van der Waals surface area contributed by atoms with Crippen molar-refractivity contribution in [2.24, 2.45) is 11.8 Å². The Bertz CT molecular complexity index is 751. The maximum Gasteiger partial charge on any atom is 0.127 e. The van der Waals surface area contributed by atoms with Crippen LogP contribution in [-0.4, -0.2) is 0 Å². The van der Waals surface area contributed by atoms with Crippen LogP contribution in [0.3, 0.4) is 0 Å². The van der Waals surface area contributed by atoms with Gasteiger partial charge in [-0.3, -0.25) is 0 Å². The van der Waals surface area contributed by atoms with Crippen LogP contribution in [0.1, 0.15) is 89.6 Å². The third-order valence-corrected chi connectivity index (χ3v) is 7.19. The summed E-state index contributed by atoms with van der Waals surface area (Å²) < 4.78 is 14.8. The molecule has 0 heterocycles. The summed E-state index contributed by atoms with van der Waals surface area (Å²) in [6.07, 6.45) is 10.0. The van der Waals surface area contributed by atoms with Crippen LogP contribution >= 0.6 is 0 Å². The lowest BCUT2D eigenvalue weighted by atomic mass is 9.78. The Morgan fingerprint density at radius 3 is 1.74 bits per heavy atom. The molecule has 0 spiro atoms. The normalized spacial score (nSPS) is 28.9. The van der Waals surface area contributed by atoms with Crippen molar-refractivity contribution in [3.8, 4) is 11.1 Å². The quantitative estimate of drug-likeness (QED) is 0.512.